The number of hydrogen-bond acceptors (Lipinski definition) is 5. The van der Waals surface area contributed by atoms with Crippen LogP contribution in [0.1, 0.15) is 15.9 Å². The van der Waals surface area contributed by atoms with Crippen molar-refractivity contribution in [1.29, 1.82) is 0 Å². The first-order chi connectivity index (χ1) is 15.4. The average Bonchev–Trinajstić information content (AvgIpc) is 3.24. The second kappa shape index (κ2) is 8.97. The van der Waals surface area contributed by atoms with Gasteiger partial charge in [-0.25, -0.2) is 8.42 Å². The second-order valence-corrected chi connectivity index (χ2v) is 9.39. The lowest BCUT2D eigenvalue weighted by molar-refractivity contribution is 0.0977. The van der Waals surface area contributed by atoms with E-state index in [1.54, 1.807) is 43.5 Å². The van der Waals surface area contributed by atoms with Crippen molar-refractivity contribution < 1.29 is 17.9 Å². The molecule has 1 amide bonds. The van der Waals surface area contributed by atoms with Gasteiger partial charge in [-0.3, -0.25) is 14.4 Å². The number of methoxy groups -OCH3 is 1. The van der Waals surface area contributed by atoms with Crippen LogP contribution in [0.15, 0.2) is 77.7 Å². The Balaban J connectivity index is 1.41. The molecule has 0 fully saturated rings. The van der Waals surface area contributed by atoms with Gasteiger partial charge in [0.2, 0.25) is 0 Å². The number of para-hydroxylation sites is 1. The molecule has 3 aromatic carbocycles. The van der Waals surface area contributed by atoms with E-state index in [1.807, 2.05) is 24.3 Å². The van der Waals surface area contributed by atoms with Crippen molar-refractivity contribution in [3.63, 3.8) is 0 Å². The Hall–Kier alpha value is -3.43. The Morgan fingerprint density at radius 3 is 2.38 bits per heavy atom. The molecule has 0 saturated heterocycles. The van der Waals surface area contributed by atoms with E-state index in [2.05, 4.69) is 10.6 Å². The lowest BCUT2D eigenvalue weighted by Crippen LogP contribution is -2.34. The minimum absolute atomic E-state index is 0.106. The molecule has 0 saturated carbocycles. The van der Waals surface area contributed by atoms with Crippen LogP contribution in [0.5, 0.6) is 5.75 Å². The van der Waals surface area contributed by atoms with E-state index < -0.39 is 10.0 Å². The molecular formula is C23H21N3O4S2. The number of ether oxygens (including phenoxy) is 1. The highest BCUT2D eigenvalue weighted by Crippen LogP contribution is 2.32. The molecule has 1 aliphatic heterocycles. The average molecular weight is 468 g/mol. The zero-order valence-electron chi connectivity index (χ0n) is 17.2. The third-order valence-corrected chi connectivity index (χ3v) is 7.16. The molecule has 0 bridgehead atoms. The first kappa shape index (κ1) is 21.8. The Kier molecular flexibility index (Phi) is 6.11. The number of sulfonamides is 1. The van der Waals surface area contributed by atoms with Crippen molar-refractivity contribution in [3.8, 4) is 5.75 Å². The van der Waals surface area contributed by atoms with Gasteiger partial charge < -0.3 is 10.1 Å². The standard InChI is InChI=1S/C23H21N3O4S2/c1-30-19-10-6-17(7-11-19)22(27)25-23(31)24-18-8-12-20(13-9-18)32(28,29)26-15-14-16-4-2-3-5-21(16)26/h2-13H,14-15H2,1H3,(H2,24,25,27,31). The van der Waals surface area contributed by atoms with Gasteiger partial charge in [-0.15, -0.1) is 0 Å². The van der Waals surface area contributed by atoms with E-state index in [1.165, 1.54) is 16.4 Å². The van der Waals surface area contributed by atoms with Crippen molar-refractivity contribution in [2.45, 2.75) is 11.3 Å². The molecule has 0 radical (unpaired) electrons. The number of fused-ring (bicyclic) bond motifs is 1. The number of carbonyl (C=O) groups is 1. The first-order valence-electron chi connectivity index (χ1n) is 9.85. The summed E-state index contributed by atoms with van der Waals surface area (Å²) >= 11 is 5.20. The van der Waals surface area contributed by atoms with Crippen LogP contribution in [0.4, 0.5) is 11.4 Å². The fraction of sp³-hybridized carbons (Fsp3) is 0.130. The molecule has 3 aromatic rings. The van der Waals surface area contributed by atoms with Crippen molar-refractivity contribution in [1.82, 2.24) is 5.32 Å². The van der Waals surface area contributed by atoms with Crippen LogP contribution in [0.25, 0.3) is 0 Å². The van der Waals surface area contributed by atoms with Gasteiger partial charge in [0.15, 0.2) is 5.11 Å². The highest BCUT2D eigenvalue weighted by Gasteiger charge is 2.30. The molecule has 0 atom stereocenters. The summed E-state index contributed by atoms with van der Waals surface area (Å²) in [6.45, 7) is 0.420. The van der Waals surface area contributed by atoms with Crippen molar-refractivity contribution in [3.05, 3.63) is 83.9 Å². The summed E-state index contributed by atoms with van der Waals surface area (Å²) in [7, 11) is -2.12. The summed E-state index contributed by atoms with van der Waals surface area (Å²) in [6.07, 6.45) is 0.692. The summed E-state index contributed by atoms with van der Waals surface area (Å²) in [6, 6.07) is 20.4. The Labute approximate surface area is 192 Å². The molecule has 9 heteroatoms. The third-order valence-electron chi connectivity index (χ3n) is 5.12. The van der Waals surface area contributed by atoms with Crippen LogP contribution < -0.4 is 19.7 Å². The zero-order chi connectivity index (χ0) is 22.7. The predicted octanol–water partition coefficient (Wildman–Crippen LogP) is 3.57. The molecule has 0 unspecified atom stereocenters. The minimum Gasteiger partial charge on any atom is -0.497 e. The van der Waals surface area contributed by atoms with Gasteiger partial charge in [0.05, 0.1) is 17.7 Å². The van der Waals surface area contributed by atoms with E-state index in [-0.39, 0.29) is 15.9 Å². The lowest BCUT2D eigenvalue weighted by Gasteiger charge is -2.19. The van der Waals surface area contributed by atoms with Crippen LogP contribution in [-0.2, 0) is 16.4 Å². The van der Waals surface area contributed by atoms with E-state index in [0.29, 0.717) is 30.0 Å². The van der Waals surface area contributed by atoms with E-state index >= 15 is 0 Å². The smallest absolute Gasteiger partial charge is 0.264 e. The molecule has 0 aliphatic carbocycles. The number of hydrogen-bond donors (Lipinski definition) is 2. The van der Waals surface area contributed by atoms with E-state index in [0.717, 1.165) is 11.3 Å². The molecule has 32 heavy (non-hydrogen) atoms. The van der Waals surface area contributed by atoms with Gasteiger partial charge in [0.1, 0.15) is 5.75 Å². The topological polar surface area (TPSA) is 87.7 Å². The second-order valence-electron chi connectivity index (χ2n) is 7.12. The van der Waals surface area contributed by atoms with Gasteiger partial charge in [-0.1, -0.05) is 18.2 Å². The summed E-state index contributed by atoms with van der Waals surface area (Å²) < 4.78 is 32.7. The van der Waals surface area contributed by atoms with Crippen LogP contribution >= 0.6 is 12.2 Å². The van der Waals surface area contributed by atoms with Gasteiger partial charge in [-0.05, 0) is 78.8 Å². The predicted molar refractivity (Wildman–Crippen MR) is 128 cm³/mol. The van der Waals surface area contributed by atoms with Crippen molar-refractivity contribution >= 4 is 44.6 Å². The van der Waals surface area contributed by atoms with Crippen LogP contribution in [-0.4, -0.2) is 33.1 Å². The number of benzene rings is 3. The lowest BCUT2D eigenvalue weighted by atomic mass is 10.2. The molecule has 2 N–H and O–H groups in total. The highest BCUT2D eigenvalue weighted by molar-refractivity contribution is 7.92. The van der Waals surface area contributed by atoms with Crippen LogP contribution in [0.2, 0.25) is 0 Å². The molecule has 164 valence electrons. The monoisotopic (exact) mass is 467 g/mol. The first-order valence-corrected chi connectivity index (χ1v) is 11.7. The molecule has 0 spiro atoms. The number of carbonyl (C=O) groups excluding carboxylic acids is 1. The van der Waals surface area contributed by atoms with Gasteiger partial charge in [0, 0.05) is 17.8 Å². The number of anilines is 2. The van der Waals surface area contributed by atoms with E-state index in [9.17, 15) is 13.2 Å². The molecule has 4 rings (SSSR count). The summed E-state index contributed by atoms with van der Waals surface area (Å²) in [5.74, 6) is 0.284. The van der Waals surface area contributed by atoms with Crippen molar-refractivity contribution in [2.75, 3.05) is 23.3 Å². The number of thiocarbonyl (C=S) groups is 1. The van der Waals surface area contributed by atoms with Gasteiger partial charge >= 0.3 is 0 Å². The molecule has 1 aliphatic rings. The van der Waals surface area contributed by atoms with Crippen molar-refractivity contribution in [2.24, 2.45) is 0 Å². The van der Waals surface area contributed by atoms with Crippen LogP contribution in [0, 0.1) is 0 Å². The number of amides is 1. The normalized spacial score (nSPS) is 12.7. The summed E-state index contributed by atoms with van der Waals surface area (Å²) in [4.78, 5) is 12.5. The minimum atomic E-state index is -3.67. The maximum Gasteiger partial charge on any atom is 0.264 e. The SMILES string of the molecule is COc1ccc(C(=O)NC(=S)Nc2ccc(S(=O)(=O)N3CCc4ccccc43)cc2)cc1. The Morgan fingerprint density at radius 1 is 1.00 bits per heavy atom. The van der Waals surface area contributed by atoms with E-state index in [4.69, 9.17) is 17.0 Å². The molecular weight excluding hydrogens is 446 g/mol. The number of nitrogens with zero attached hydrogens (tertiary/aromatic N) is 1. The fourth-order valence-corrected chi connectivity index (χ4v) is 5.19. The Bertz CT molecular complexity index is 1260. The van der Waals surface area contributed by atoms with Gasteiger partial charge in [0.25, 0.3) is 15.9 Å². The zero-order valence-corrected chi connectivity index (χ0v) is 18.9. The fourth-order valence-electron chi connectivity index (χ4n) is 3.48. The number of nitrogens with one attached hydrogen (secondary N) is 2. The maximum absolute atomic E-state index is 13.1. The summed E-state index contributed by atoms with van der Waals surface area (Å²) in [5.41, 5.74) is 2.73. The Morgan fingerprint density at radius 2 is 1.69 bits per heavy atom. The van der Waals surface area contributed by atoms with Gasteiger partial charge in [-0.2, -0.15) is 0 Å². The molecule has 1 heterocycles. The number of rotatable bonds is 5. The quantitative estimate of drug-likeness (QED) is 0.558. The molecule has 7 nitrogen and oxygen atoms in total. The summed E-state index contributed by atoms with van der Waals surface area (Å²) in [5, 5.41) is 5.60. The highest BCUT2D eigenvalue weighted by atomic mass is 32.2. The molecule has 0 aromatic heterocycles. The largest absolute Gasteiger partial charge is 0.497 e. The maximum atomic E-state index is 13.1. The third kappa shape index (κ3) is 4.44. The van der Waals surface area contributed by atoms with Crippen LogP contribution in [0.3, 0.4) is 0 Å².